The Labute approximate surface area is 173 Å². The van der Waals surface area contributed by atoms with Crippen molar-refractivity contribution < 1.29 is 4.74 Å². The molecule has 1 unspecified atom stereocenters. The van der Waals surface area contributed by atoms with Crippen LogP contribution in [0.5, 0.6) is 0 Å². The van der Waals surface area contributed by atoms with Crippen LogP contribution >= 0.6 is 11.6 Å². The van der Waals surface area contributed by atoms with E-state index in [1.54, 1.807) is 0 Å². The van der Waals surface area contributed by atoms with Gasteiger partial charge in [-0.3, -0.25) is 0 Å². The minimum atomic E-state index is 0.189. The molecular formula is C24H42ClNO. The monoisotopic (exact) mass is 395 g/mol. The van der Waals surface area contributed by atoms with Gasteiger partial charge in [0.25, 0.3) is 0 Å². The molecule has 1 atom stereocenters. The summed E-state index contributed by atoms with van der Waals surface area (Å²) in [6.45, 7) is 11.8. The maximum atomic E-state index is 6.87. The number of nitrogens with one attached hydrogen (secondary N) is 1. The fraction of sp³-hybridized carbons (Fsp3) is 0.750. The maximum absolute atomic E-state index is 6.87. The molecule has 0 aliphatic rings. The van der Waals surface area contributed by atoms with Crippen LogP contribution in [0.3, 0.4) is 0 Å². The van der Waals surface area contributed by atoms with E-state index in [1.807, 2.05) is 7.05 Å². The number of unbranched alkanes of at least 4 members (excludes halogenated alkanes) is 2. The van der Waals surface area contributed by atoms with Crippen LogP contribution < -0.4 is 5.32 Å². The van der Waals surface area contributed by atoms with Gasteiger partial charge in [0.15, 0.2) is 0 Å². The Morgan fingerprint density at radius 3 is 2.37 bits per heavy atom. The Morgan fingerprint density at radius 1 is 1.00 bits per heavy atom. The van der Waals surface area contributed by atoms with Crippen LogP contribution in [0.15, 0.2) is 12.1 Å². The van der Waals surface area contributed by atoms with E-state index < -0.39 is 0 Å². The van der Waals surface area contributed by atoms with E-state index in [0.717, 1.165) is 56.9 Å². The molecule has 156 valence electrons. The highest BCUT2D eigenvalue weighted by Gasteiger charge is 2.32. The van der Waals surface area contributed by atoms with Gasteiger partial charge in [0.05, 0.1) is 0 Å². The Morgan fingerprint density at radius 2 is 1.78 bits per heavy atom. The molecule has 0 aliphatic carbocycles. The third-order valence-corrected chi connectivity index (χ3v) is 6.04. The normalized spacial score (nSPS) is 13.7. The molecule has 1 aromatic carbocycles. The summed E-state index contributed by atoms with van der Waals surface area (Å²) in [5.74, 6) is 0. The lowest BCUT2D eigenvalue weighted by Crippen LogP contribution is -2.31. The lowest BCUT2D eigenvalue weighted by atomic mass is 9.70. The summed E-state index contributed by atoms with van der Waals surface area (Å²) >= 11 is 6.87. The predicted octanol–water partition coefficient (Wildman–Crippen LogP) is 6.85. The fourth-order valence-corrected chi connectivity index (χ4v) is 4.83. The highest BCUT2D eigenvalue weighted by Crippen LogP contribution is 2.42. The Kier molecular flexibility index (Phi) is 12.3. The molecule has 0 amide bonds. The number of benzene rings is 1. The molecular weight excluding hydrogens is 354 g/mol. The van der Waals surface area contributed by atoms with Gasteiger partial charge in [-0.25, -0.2) is 0 Å². The van der Waals surface area contributed by atoms with Gasteiger partial charge >= 0.3 is 0 Å². The van der Waals surface area contributed by atoms with Gasteiger partial charge in [-0.1, -0.05) is 51.3 Å². The molecule has 27 heavy (non-hydrogen) atoms. The van der Waals surface area contributed by atoms with Crippen molar-refractivity contribution in [3.05, 3.63) is 33.8 Å². The molecule has 0 aliphatic heterocycles. The van der Waals surface area contributed by atoms with Crippen LogP contribution in [-0.4, -0.2) is 26.8 Å². The van der Waals surface area contributed by atoms with Gasteiger partial charge in [-0.05, 0) is 93.6 Å². The zero-order valence-corrected chi connectivity index (χ0v) is 19.2. The zero-order valence-electron chi connectivity index (χ0n) is 18.4. The summed E-state index contributed by atoms with van der Waals surface area (Å²) < 4.78 is 5.57. The molecule has 0 radical (unpaired) electrons. The Bertz CT molecular complexity index is 508. The maximum Gasteiger partial charge on any atom is 0.0466 e. The first-order valence-corrected chi connectivity index (χ1v) is 11.4. The number of hydrogen-bond acceptors (Lipinski definition) is 2. The number of hydrogen-bond donors (Lipinski definition) is 1. The number of halogens is 1. The highest BCUT2D eigenvalue weighted by molar-refractivity contribution is 6.31. The SMILES string of the molecule is CCCOCCCCCc1cc(C)c(C(CC)(CCC)CCNC)c(Cl)c1. The van der Waals surface area contributed by atoms with Crippen molar-refractivity contribution in [3.8, 4) is 0 Å². The Balaban J connectivity index is 2.80. The van der Waals surface area contributed by atoms with Crippen molar-refractivity contribution in [1.29, 1.82) is 0 Å². The standard InChI is InChI=1S/C24H42ClNO/c1-6-13-24(8-3,14-15-26-5)23-20(4)18-21(19-22(23)25)12-10-9-11-17-27-16-7-2/h18-19,26H,6-17H2,1-5H3. The molecule has 0 spiro atoms. The average molecular weight is 396 g/mol. The second-order valence-corrected chi connectivity index (χ2v) is 8.34. The lowest BCUT2D eigenvalue weighted by molar-refractivity contribution is 0.130. The number of aryl methyl sites for hydroxylation is 2. The fourth-order valence-electron chi connectivity index (χ4n) is 4.34. The quantitative estimate of drug-likeness (QED) is 0.328. The predicted molar refractivity (Wildman–Crippen MR) is 120 cm³/mol. The van der Waals surface area contributed by atoms with E-state index >= 15 is 0 Å². The van der Waals surface area contributed by atoms with Crippen LogP contribution in [-0.2, 0) is 16.6 Å². The van der Waals surface area contributed by atoms with Crippen molar-refractivity contribution in [1.82, 2.24) is 5.32 Å². The van der Waals surface area contributed by atoms with Crippen LogP contribution in [0.4, 0.5) is 0 Å². The average Bonchev–Trinajstić information content (AvgIpc) is 2.64. The molecule has 3 heteroatoms. The minimum Gasteiger partial charge on any atom is -0.381 e. The van der Waals surface area contributed by atoms with E-state index in [0.29, 0.717) is 0 Å². The lowest BCUT2D eigenvalue weighted by Gasteiger charge is -2.36. The van der Waals surface area contributed by atoms with Crippen LogP contribution in [0.25, 0.3) is 0 Å². The van der Waals surface area contributed by atoms with Crippen molar-refractivity contribution in [2.75, 3.05) is 26.8 Å². The van der Waals surface area contributed by atoms with Crippen molar-refractivity contribution in [2.45, 2.75) is 90.9 Å². The van der Waals surface area contributed by atoms with Crippen molar-refractivity contribution >= 4 is 11.6 Å². The molecule has 0 saturated carbocycles. The van der Waals surface area contributed by atoms with Gasteiger partial charge in [0.1, 0.15) is 0 Å². The molecule has 1 rings (SSSR count). The van der Waals surface area contributed by atoms with Crippen molar-refractivity contribution in [2.24, 2.45) is 0 Å². The van der Waals surface area contributed by atoms with E-state index in [9.17, 15) is 0 Å². The van der Waals surface area contributed by atoms with Gasteiger partial charge in [0, 0.05) is 18.2 Å². The largest absolute Gasteiger partial charge is 0.381 e. The molecule has 0 aromatic heterocycles. The second-order valence-electron chi connectivity index (χ2n) is 7.93. The number of ether oxygens (including phenoxy) is 1. The highest BCUT2D eigenvalue weighted by atomic mass is 35.5. The topological polar surface area (TPSA) is 21.3 Å². The van der Waals surface area contributed by atoms with Gasteiger partial charge in [-0.2, -0.15) is 0 Å². The summed E-state index contributed by atoms with van der Waals surface area (Å²) in [5.41, 5.74) is 4.33. The van der Waals surface area contributed by atoms with Gasteiger partial charge < -0.3 is 10.1 Å². The van der Waals surface area contributed by atoms with Crippen LogP contribution in [0, 0.1) is 6.92 Å². The van der Waals surface area contributed by atoms with Crippen LogP contribution in [0.2, 0.25) is 5.02 Å². The first kappa shape index (κ1) is 24.5. The summed E-state index contributed by atoms with van der Waals surface area (Å²) in [5, 5.41) is 4.31. The van der Waals surface area contributed by atoms with E-state index in [-0.39, 0.29) is 5.41 Å². The molecule has 0 heterocycles. The second kappa shape index (κ2) is 13.6. The van der Waals surface area contributed by atoms with Gasteiger partial charge in [-0.15, -0.1) is 0 Å². The minimum absolute atomic E-state index is 0.189. The summed E-state index contributed by atoms with van der Waals surface area (Å²) in [6.07, 6.45) is 10.5. The molecule has 0 bridgehead atoms. The van der Waals surface area contributed by atoms with Gasteiger partial charge in [0.2, 0.25) is 0 Å². The molecule has 1 N–H and O–H groups in total. The first-order valence-electron chi connectivity index (χ1n) is 11.1. The third kappa shape index (κ3) is 7.75. The Hall–Kier alpha value is -0.570. The van der Waals surface area contributed by atoms with E-state index in [4.69, 9.17) is 16.3 Å². The first-order chi connectivity index (χ1) is 13.0. The molecule has 0 fully saturated rings. The smallest absolute Gasteiger partial charge is 0.0466 e. The summed E-state index contributed by atoms with van der Waals surface area (Å²) in [4.78, 5) is 0. The molecule has 2 nitrogen and oxygen atoms in total. The molecule has 0 saturated heterocycles. The zero-order chi connectivity index (χ0) is 20.1. The van der Waals surface area contributed by atoms with Crippen molar-refractivity contribution in [3.63, 3.8) is 0 Å². The summed E-state index contributed by atoms with van der Waals surface area (Å²) in [7, 11) is 2.04. The summed E-state index contributed by atoms with van der Waals surface area (Å²) in [6, 6.07) is 4.62. The number of rotatable bonds is 15. The van der Waals surface area contributed by atoms with E-state index in [2.05, 4.69) is 45.1 Å². The van der Waals surface area contributed by atoms with E-state index in [1.165, 1.54) is 42.4 Å². The van der Waals surface area contributed by atoms with Crippen LogP contribution in [0.1, 0.15) is 88.8 Å². The third-order valence-electron chi connectivity index (χ3n) is 5.74. The molecule has 1 aromatic rings.